The molecule has 0 atom stereocenters. The molecular formula is C21H27NO2S. The Kier molecular flexibility index (Phi) is 6.82. The van der Waals surface area contributed by atoms with Crippen molar-refractivity contribution >= 4 is 23.1 Å². The lowest BCUT2D eigenvalue weighted by Crippen LogP contribution is -2.15. The second-order valence-corrected chi connectivity index (χ2v) is 6.50. The van der Waals surface area contributed by atoms with Crippen LogP contribution < -0.4 is 10.1 Å². The number of ether oxygens (including phenoxy) is 2. The number of anilines is 1. The fourth-order valence-corrected chi connectivity index (χ4v) is 3.05. The molecule has 1 N–H and O–H groups in total. The zero-order valence-corrected chi connectivity index (χ0v) is 16.5. The maximum atomic E-state index is 6.14. The first-order valence-electron chi connectivity index (χ1n) is 8.71. The molecule has 0 aromatic heterocycles. The Morgan fingerprint density at radius 3 is 2.48 bits per heavy atom. The topological polar surface area (TPSA) is 30.5 Å². The Morgan fingerprint density at radius 2 is 1.80 bits per heavy atom. The van der Waals surface area contributed by atoms with Crippen LogP contribution in [0.25, 0.3) is 0 Å². The molecule has 0 saturated heterocycles. The molecule has 0 radical (unpaired) electrons. The van der Waals surface area contributed by atoms with Crippen LogP contribution in [0.3, 0.4) is 0 Å². The summed E-state index contributed by atoms with van der Waals surface area (Å²) in [6, 6.07) is 10.4. The van der Waals surface area contributed by atoms with Gasteiger partial charge in [-0.05, 0) is 80.7 Å². The predicted octanol–water partition coefficient (Wildman–Crippen LogP) is 5.49. The van der Waals surface area contributed by atoms with Gasteiger partial charge >= 0.3 is 0 Å². The molecule has 0 saturated carbocycles. The van der Waals surface area contributed by atoms with E-state index in [1.54, 1.807) is 0 Å². The summed E-state index contributed by atoms with van der Waals surface area (Å²) >= 11 is 5.21. The van der Waals surface area contributed by atoms with Gasteiger partial charge < -0.3 is 14.8 Å². The SMILES string of the molecule is CCOC(=S)Nc1cccc(C)c1COc1cc(C)c(CC)cc1C. The van der Waals surface area contributed by atoms with Gasteiger partial charge in [0.15, 0.2) is 0 Å². The zero-order chi connectivity index (χ0) is 18.4. The average molecular weight is 358 g/mol. The van der Waals surface area contributed by atoms with E-state index in [1.807, 2.05) is 19.1 Å². The lowest BCUT2D eigenvalue weighted by Gasteiger charge is -2.17. The smallest absolute Gasteiger partial charge is 0.261 e. The summed E-state index contributed by atoms with van der Waals surface area (Å²) in [5, 5.41) is 3.55. The lowest BCUT2D eigenvalue weighted by atomic mass is 10.0. The number of benzene rings is 2. The Morgan fingerprint density at radius 1 is 1.04 bits per heavy atom. The molecule has 0 unspecified atom stereocenters. The van der Waals surface area contributed by atoms with E-state index in [4.69, 9.17) is 21.7 Å². The summed E-state index contributed by atoms with van der Waals surface area (Å²) in [5.41, 5.74) is 6.97. The minimum absolute atomic E-state index is 0.383. The first-order chi connectivity index (χ1) is 12.0. The van der Waals surface area contributed by atoms with Gasteiger partial charge in [0, 0.05) is 11.3 Å². The van der Waals surface area contributed by atoms with Crippen LogP contribution in [-0.2, 0) is 17.8 Å². The van der Waals surface area contributed by atoms with Crippen LogP contribution in [0, 0.1) is 20.8 Å². The van der Waals surface area contributed by atoms with Gasteiger partial charge in [-0.3, -0.25) is 0 Å². The summed E-state index contributed by atoms with van der Waals surface area (Å²) in [6.07, 6.45) is 1.04. The molecule has 3 nitrogen and oxygen atoms in total. The standard InChI is InChI=1S/C21H27NO2S/c1-6-17-11-16(5)20(12-15(17)4)24-13-18-14(3)9-8-10-19(18)22-21(25)23-7-2/h8-12H,6-7,13H2,1-5H3,(H,22,25). The first-order valence-corrected chi connectivity index (χ1v) is 9.12. The van der Waals surface area contributed by atoms with Crippen molar-refractivity contribution in [3.05, 3.63) is 58.1 Å². The fourth-order valence-electron chi connectivity index (χ4n) is 2.82. The quantitative estimate of drug-likeness (QED) is 0.693. The third-order valence-electron chi connectivity index (χ3n) is 4.31. The molecule has 25 heavy (non-hydrogen) atoms. The third kappa shape index (κ3) is 4.95. The van der Waals surface area contributed by atoms with Crippen LogP contribution in [0.2, 0.25) is 0 Å². The lowest BCUT2D eigenvalue weighted by molar-refractivity contribution is 0.303. The number of aryl methyl sites for hydroxylation is 4. The van der Waals surface area contributed by atoms with Crippen molar-refractivity contribution in [1.82, 2.24) is 0 Å². The molecule has 0 heterocycles. The Labute approximate surface area is 156 Å². The van der Waals surface area contributed by atoms with Gasteiger partial charge in [0.25, 0.3) is 5.17 Å². The first kappa shape index (κ1) is 19.3. The number of nitrogens with one attached hydrogen (secondary N) is 1. The Hall–Kier alpha value is -2.07. The summed E-state index contributed by atoms with van der Waals surface area (Å²) in [4.78, 5) is 0. The molecule has 0 fully saturated rings. The third-order valence-corrected chi connectivity index (χ3v) is 4.53. The van der Waals surface area contributed by atoms with E-state index in [1.165, 1.54) is 11.1 Å². The van der Waals surface area contributed by atoms with Crippen LogP contribution in [-0.4, -0.2) is 11.8 Å². The van der Waals surface area contributed by atoms with Crippen LogP contribution in [0.1, 0.15) is 41.7 Å². The molecular weight excluding hydrogens is 330 g/mol. The molecule has 4 heteroatoms. The molecule has 2 rings (SSSR count). The van der Waals surface area contributed by atoms with Crippen molar-refractivity contribution in [3.63, 3.8) is 0 Å². The van der Waals surface area contributed by atoms with Crippen molar-refractivity contribution in [3.8, 4) is 5.75 Å². The highest BCUT2D eigenvalue weighted by Crippen LogP contribution is 2.27. The van der Waals surface area contributed by atoms with Gasteiger partial charge in [0.1, 0.15) is 12.4 Å². The monoisotopic (exact) mass is 357 g/mol. The molecule has 0 amide bonds. The van der Waals surface area contributed by atoms with Crippen LogP contribution in [0.15, 0.2) is 30.3 Å². The van der Waals surface area contributed by atoms with Gasteiger partial charge in [-0.15, -0.1) is 0 Å². The summed E-state index contributed by atoms with van der Waals surface area (Å²) in [5.74, 6) is 0.927. The minimum Gasteiger partial charge on any atom is -0.489 e. The van der Waals surface area contributed by atoms with E-state index in [0.29, 0.717) is 18.4 Å². The Bertz CT molecular complexity index is 756. The molecule has 134 valence electrons. The van der Waals surface area contributed by atoms with Gasteiger partial charge in [0.05, 0.1) is 6.61 Å². The number of thiocarbonyl (C=S) groups is 1. The normalized spacial score (nSPS) is 10.4. The van der Waals surface area contributed by atoms with E-state index >= 15 is 0 Å². The maximum Gasteiger partial charge on any atom is 0.261 e. The summed E-state index contributed by atoms with van der Waals surface area (Å²) in [7, 11) is 0. The molecule has 0 spiro atoms. The summed E-state index contributed by atoms with van der Waals surface area (Å²) in [6.45, 7) is 11.4. The highest BCUT2D eigenvalue weighted by atomic mass is 32.1. The van der Waals surface area contributed by atoms with Crippen molar-refractivity contribution in [2.24, 2.45) is 0 Å². The molecule has 0 aliphatic carbocycles. The van der Waals surface area contributed by atoms with Crippen molar-refractivity contribution in [2.45, 2.75) is 47.6 Å². The summed E-state index contributed by atoms with van der Waals surface area (Å²) < 4.78 is 11.5. The van der Waals surface area contributed by atoms with Gasteiger partial charge in [-0.2, -0.15) is 0 Å². The van der Waals surface area contributed by atoms with E-state index in [2.05, 4.69) is 51.2 Å². The fraction of sp³-hybridized carbons (Fsp3) is 0.381. The van der Waals surface area contributed by atoms with Gasteiger partial charge in [0.2, 0.25) is 0 Å². The number of hydrogen-bond donors (Lipinski definition) is 1. The average Bonchev–Trinajstić information content (AvgIpc) is 2.57. The second-order valence-electron chi connectivity index (χ2n) is 6.13. The van der Waals surface area contributed by atoms with E-state index in [9.17, 15) is 0 Å². The Balaban J connectivity index is 2.20. The zero-order valence-electron chi connectivity index (χ0n) is 15.7. The highest BCUT2D eigenvalue weighted by Gasteiger charge is 2.10. The van der Waals surface area contributed by atoms with Crippen LogP contribution in [0.5, 0.6) is 5.75 Å². The largest absolute Gasteiger partial charge is 0.489 e. The van der Waals surface area contributed by atoms with Crippen molar-refractivity contribution in [2.75, 3.05) is 11.9 Å². The minimum atomic E-state index is 0.383. The number of hydrogen-bond acceptors (Lipinski definition) is 3. The maximum absolute atomic E-state index is 6.14. The van der Waals surface area contributed by atoms with Gasteiger partial charge in [-0.1, -0.05) is 25.1 Å². The molecule has 0 aliphatic rings. The van der Waals surface area contributed by atoms with Crippen molar-refractivity contribution in [1.29, 1.82) is 0 Å². The molecule has 0 aliphatic heterocycles. The molecule has 2 aromatic rings. The predicted molar refractivity (Wildman–Crippen MR) is 109 cm³/mol. The second kappa shape index (κ2) is 8.86. The van der Waals surface area contributed by atoms with E-state index in [-0.39, 0.29) is 0 Å². The van der Waals surface area contributed by atoms with Crippen LogP contribution >= 0.6 is 12.2 Å². The highest BCUT2D eigenvalue weighted by molar-refractivity contribution is 7.80. The van der Waals surface area contributed by atoms with E-state index in [0.717, 1.165) is 34.5 Å². The number of rotatable bonds is 6. The van der Waals surface area contributed by atoms with Gasteiger partial charge in [-0.25, -0.2) is 0 Å². The molecule has 2 aromatic carbocycles. The van der Waals surface area contributed by atoms with E-state index < -0.39 is 0 Å². The van der Waals surface area contributed by atoms with Crippen LogP contribution in [0.4, 0.5) is 5.69 Å². The molecule has 0 bridgehead atoms. The van der Waals surface area contributed by atoms with Crippen molar-refractivity contribution < 1.29 is 9.47 Å².